The van der Waals surface area contributed by atoms with E-state index in [-0.39, 0.29) is 14.8 Å². The smallest absolute Gasteiger partial charge is 0.355 e. The van der Waals surface area contributed by atoms with Gasteiger partial charge in [0.05, 0.1) is 0 Å². The molecule has 2 aromatic heterocycles. The Morgan fingerprint density at radius 2 is 1.56 bits per heavy atom. The third-order valence-corrected chi connectivity index (χ3v) is 5.09. The van der Waals surface area contributed by atoms with Gasteiger partial charge < -0.3 is 15.1 Å². The van der Waals surface area contributed by atoms with E-state index < -0.39 is 4.92 Å². The largest absolute Gasteiger partial charge is 0.358 e. The Kier molecular flexibility index (Phi) is 6.84. The summed E-state index contributed by atoms with van der Waals surface area (Å²) in [5.41, 5.74) is 0. The SMILES string of the molecule is Clc1nc(I)c(I)[nH]1.O=[N+]([O-])c1[nH]c(Cl)nc1I. The quantitative estimate of drug-likeness (QED) is 0.285. The van der Waals surface area contributed by atoms with Crippen LogP contribution in [0, 0.1) is 21.2 Å². The highest BCUT2D eigenvalue weighted by molar-refractivity contribution is 14.1. The lowest BCUT2D eigenvalue weighted by molar-refractivity contribution is -0.390. The molecule has 0 saturated carbocycles. The molecule has 0 aliphatic heterocycles. The molecule has 2 rings (SSSR count). The van der Waals surface area contributed by atoms with Gasteiger partial charge in [0.2, 0.25) is 5.28 Å². The van der Waals surface area contributed by atoms with Crippen molar-refractivity contribution in [1.82, 2.24) is 19.9 Å². The van der Waals surface area contributed by atoms with Crippen LogP contribution < -0.4 is 0 Å². The summed E-state index contributed by atoms with van der Waals surface area (Å²) in [6.45, 7) is 0. The van der Waals surface area contributed by atoms with Crippen LogP contribution in [0.4, 0.5) is 5.82 Å². The number of nitrogens with zero attached hydrogens (tertiary/aromatic N) is 3. The number of hydrogen-bond donors (Lipinski definition) is 2. The first kappa shape index (κ1) is 16.6. The molecular weight excluding hydrogens is 626 g/mol. The molecule has 0 saturated heterocycles. The molecule has 2 N–H and O–H groups in total. The number of aromatic amines is 2. The van der Waals surface area contributed by atoms with Gasteiger partial charge in [0.15, 0.2) is 3.70 Å². The molecular formula is C6H2Cl2I3N5O2. The molecule has 0 atom stereocenters. The van der Waals surface area contributed by atoms with Crippen molar-refractivity contribution in [1.29, 1.82) is 0 Å². The van der Waals surface area contributed by atoms with Crippen LogP contribution in [0.15, 0.2) is 0 Å². The second kappa shape index (κ2) is 7.39. The molecule has 0 fully saturated rings. The maximum absolute atomic E-state index is 10.1. The zero-order valence-electron chi connectivity index (χ0n) is 8.05. The van der Waals surface area contributed by atoms with E-state index in [2.05, 4.69) is 65.1 Å². The predicted octanol–water partition coefficient (Wildman–Crippen LogP) is 3.85. The summed E-state index contributed by atoms with van der Waals surface area (Å²) in [6, 6.07) is 0. The number of hydrogen-bond acceptors (Lipinski definition) is 4. The minimum absolute atomic E-state index is 0.0381. The van der Waals surface area contributed by atoms with Gasteiger partial charge in [-0.3, -0.25) is 0 Å². The van der Waals surface area contributed by atoms with E-state index in [1.807, 2.05) is 0 Å². The molecule has 0 amide bonds. The zero-order valence-corrected chi connectivity index (χ0v) is 16.0. The first-order chi connectivity index (χ1) is 8.31. The van der Waals surface area contributed by atoms with Gasteiger partial charge in [-0.25, -0.2) is 9.97 Å². The molecule has 98 valence electrons. The van der Waals surface area contributed by atoms with Gasteiger partial charge in [-0.2, -0.15) is 4.98 Å². The third kappa shape index (κ3) is 4.93. The van der Waals surface area contributed by atoms with Gasteiger partial charge in [0, 0.05) is 0 Å². The Morgan fingerprint density at radius 1 is 1.06 bits per heavy atom. The van der Waals surface area contributed by atoms with Crippen molar-refractivity contribution in [3.05, 3.63) is 31.8 Å². The van der Waals surface area contributed by atoms with Crippen LogP contribution in [0.3, 0.4) is 0 Å². The van der Waals surface area contributed by atoms with Gasteiger partial charge in [-0.05, 0) is 95.9 Å². The number of aromatic nitrogens is 4. The molecule has 0 aliphatic carbocycles. The zero-order chi connectivity index (χ0) is 13.9. The summed E-state index contributed by atoms with van der Waals surface area (Å²) in [5.74, 6) is -0.161. The normalized spacial score (nSPS) is 9.83. The van der Waals surface area contributed by atoms with Crippen LogP contribution in [0.5, 0.6) is 0 Å². The van der Waals surface area contributed by atoms with Gasteiger partial charge in [-0.1, -0.05) is 0 Å². The molecule has 18 heavy (non-hydrogen) atoms. The Labute approximate surface area is 151 Å². The van der Waals surface area contributed by atoms with E-state index in [4.69, 9.17) is 23.2 Å². The van der Waals surface area contributed by atoms with Crippen molar-refractivity contribution in [3.63, 3.8) is 0 Å². The van der Waals surface area contributed by atoms with Crippen molar-refractivity contribution in [2.75, 3.05) is 0 Å². The van der Waals surface area contributed by atoms with Crippen LogP contribution in [0.1, 0.15) is 0 Å². The summed E-state index contributed by atoms with van der Waals surface area (Å²) in [6.07, 6.45) is 0. The Morgan fingerprint density at radius 3 is 1.72 bits per heavy atom. The second-order valence-electron chi connectivity index (χ2n) is 2.56. The number of imidazole rings is 2. The van der Waals surface area contributed by atoms with Gasteiger partial charge in [0.25, 0.3) is 5.28 Å². The Hall–Kier alpha value is 0.590. The Balaban J connectivity index is 0.000000184. The van der Waals surface area contributed by atoms with E-state index >= 15 is 0 Å². The van der Waals surface area contributed by atoms with Crippen LogP contribution in [0.25, 0.3) is 0 Å². The Bertz CT molecular complexity index is 552. The maximum Gasteiger partial charge on any atom is 0.355 e. The third-order valence-electron chi connectivity index (χ3n) is 1.39. The topological polar surface area (TPSA) is 100 Å². The molecule has 0 unspecified atom stereocenters. The molecule has 2 heterocycles. The molecule has 12 heteroatoms. The lowest BCUT2D eigenvalue weighted by Gasteiger charge is -1.86. The van der Waals surface area contributed by atoms with E-state index in [1.165, 1.54) is 0 Å². The van der Waals surface area contributed by atoms with Crippen molar-refractivity contribution >= 4 is 96.8 Å². The van der Waals surface area contributed by atoms with Gasteiger partial charge >= 0.3 is 5.82 Å². The van der Waals surface area contributed by atoms with Crippen molar-refractivity contribution < 1.29 is 4.92 Å². The minimum Gasteiger partial charge on any atom is -0.358 e. The van der Waals surface area contributed by atoms with Crippen LogP contribution in [-0.4, -0.2) is 24.9 Å². The number of halogens is 5. The fourth-order valence-corrected chi connectivity index (χ4v) is 2.87. The lowest BCUT2D eigenvalue weighted by atomic mass is 10.8. The molecule has 0 bridgehead atoms. The first-order valence-electron chi connectivity index (χ1n) is 3.93. The van der Waals surface area contributed by atoms with E-state index in [9.17, 15) is 10.1 Å². The second-order valence-corrected chi connectivity index (χ2v) is 6.39. The van der Waals surface area contributed by atoms with Gasteiger partial charge in [-0.15, -0.1) is 0 Å². The number of nitro groups is 1. The average molecular weight is 628 g/mol. The maximum atomic E-state index is 10.1. The number of rotatable bonds is 1. The van der Waals surface area contributed by atoms with Crippen molar-refractivity contribution in [2.45, 2.75) is 0 Å². The molecule has 2 aromatic rings. The number of H-pyrrole nitrogens is 2. The molecule has 0 aromatic carbocycles. The van der Waals surface area contributed by atoms with E-state index in [1.54, 1.807) is 22.6 Å². The monoisotopic (exact) mass is 627 g/mol. The standard InChI is InChI=1S/C3HClI2N2.C3HClIN3O2/c4-3-7-1(5)2(6)8-3;4-3-6-1(5)2(7-3)8(9)10/h(H,7,8);(H,6,7). The molecule has 0 radical (unpaired) electrons. The summed E-state index contributed by atoms with van der Waals surface area (Å²) in [5, 5.41) is 10.6. The van der Waals surface area contributed by atoms with Gasteiger partial charge in [0.1, 0.15) is 7.40 Å². The summed E-state index contributed by atoms with van der Waals surface area (Å²) in [7, 11) is 0. The molecule has 7 nitrogen and oxygen atoms in total. The van der Waals surface area contributed by atoms with E-state index in [0.29, 0.717) is 5.28 Å². The predicted molar refractivity (Wildman–Crippen MR) is 92.0 cm³/mol. The summed E-state index contributed by atoms with van der Waals surface area (Å²) in [4.78, 5) is 22.2. The number of nitrogens with one attached hydrogen (secondary N) is 2. The van der Waals surface area contributed by atoms with Crippen LogP contribution >= 0.6 is 91.0 Å². The first-order valence-corrected chi connectivity index (χ1v) is 7.92. The molecule has 0 aliphatic rings. The lowest BCUT2D eigenvalue weighted by Crippen LogP contribution is -1.89. The summed E-state index contributed by atoms with van der Waals surface area (Å²) < 4.78 is 2.19. The highest BCUT2D eigenvalue weighted by atomic mass is 127. The average Bonchev–Trinajstić information content (AvgIpc) is 2.71. The van der Waals surface area contributed by atoms with Crippen LogP contribution in [0.2, 0.25) is 10.6 Å². The highest BCUT2D eigenvalue weighted by Gasteiger charge is 2.15. The van der Waals surface area contributed by atoms with Crippen molar-refractivity contribution in [2.24, 2.45) is 0 Å². The fraction of sp³-hybridized carbons (Fsp3) is 0. The molecule has 0 spiro atoms. The van der Waals surface area contributed by atoms with Crippen molar-refractivity contribution in [3.8, 4) is 0 Å². The minimum atomic E-state index is -0.569. The van der Waals surface area contributed by atoms with E-state index in [0.717, 1.165) is 7.40 Å². The summed E-state index contributed by atoms with van der Waals surface area (Å²) >= 11 is 16.8. The fourth-order valence-electron chi connectivity index (χ4n) is 0.743. The highest BCUT2D eigenvalue weighted by Crippen LogP contribution is 2.18. The van der Waals surface area contributed by atoms with Crippen LogP contribution in [-0.2, 0) is 0 Å².